The fraction of sp³-hybridized carbons (Fsp3) is 0.529. The topological polar surface area (TPSA) is 81.4 Å². The zero-order chi connectivity index (χ0) is 17.1. The zero-order valence-corrected chi connectivity index (χ0v) is 14.3. The number of pyridine rings is 1. The molecule has 3 heterocycles. The Balaban J connectivity index is 1.70. The van der Waals surface area contributed by atoms with Crippen molar-refractivity contribution >= 4 is 11.8 Å². The van der Waals surface area contributed by atoms with Gasteiger partial charge in [0, 0.05) is 26.4 Å². The molecule has 0 spiro atoms. The van der Waals surface area contributed by atoms with E-state index in [2.05, 4.69) is 20.0 Å². The average Bonchev–Trinajstić information content (AvgIpc) is 2.99. The van der Waals surface area contributed by atoms with Crippen LogP contribution in [-0.4, -0.2) is 41.3 Å². The Morgan fingerprint density at radius 2 is 2.21 bits per heavy atom. The molecule has 7 heteroatoms. The van der Waals surface area contributed by atoms with Gasteiger partial charge >= 0.3 is 5.97 Å². The van der Waals surface area contributed by atoms with Gasteiger partial charge in [-0.05, 0) is 37.8 Å². The summed E-state index contributed by atoms with van der Waals surface area (Å²) < 4.78 is 9.82. The summed E-state index contributed by atoms with van der Waals surface area (Å²) in [7, 11) is 1.38. The molecule has 0 aromatic carbocycles. The quantitative estimate of drug-likeness (QED) is 0.796. The molecule has 3 rings (SSSR count). The summed E-state index contributed by atoms with van der Waals surface area (Å²) >= 11 is 0. The van der Waals surface area contributed by atoms with Crippen LogP contribution >= 0.6 is 0 Å². The number of esters is 1. The van der Waals surface area contributed by atoms with Gasteiger partial charge < -0.3 is 14.2 Å². The minimum absolute atomic E-state index is 0.351. The summed E-state index contributed by atoms with van der Waals surface area (Å²) in [6, 6.07) is 3.68. The van der Waals surface area contributed by atoms with Gasteiger partial charge in [0.1, 0.15) is 5.82 Å². The van der Waals surface area contributed by atoms with Gasteiger partial charge in [-0.2, -0.15) is 4.98 Å². The maximum atomic E-state index is 11.7. The highest BCUT2D eigenvalue weighted by Gasteiger charge is 2.23. The van der Waals surface area contributed by atoms with Crippen LogP contribution < -0.4 is 4.90 Å². The van der Waals surface area contributed by atoms with Crippen LogP contribution in [0.1, 0.15) is 40.6 Å². The Morgan fingerprint density at radius 1 is 1.38 bits per heavy atom. The highest BCUT2D eigenvalue weighted by molar-refractivity contribution is 5.90. The van der Waals surface area contributed by atoms with Gasteiger partial charge in [0.05, 0.1) is 18.4 Å². The van der Waals surface area contributed by atoms with Crippen LogP contribution in [0.4, 0.5) is 5.82 Å². The number of hydrogen-bond donors (Lipinski definition) is 0. The van der Waals surface area contributed by atoms with Crippen molar-refractivity contribution in [3.63, 3.8) is 0 Å². The smallest absolute Gasteiger partial charge is 0.339 e. The number of rotatable bonds is 4. The molecule has 0 aliphatic carbocycles. The predicted octanol–water partition coefficient (Wildman–Crippen LogP) is 2.33. The first-order valence-electron chi connectivity index (χ1n) is 8.17. The Labute approximate surface area is 141 Å². The molecule has 24 heavy (non-hydrogen) atoms. The molecule has 7 nitrogen and oxygen atoms in total. The predicted molar refractivity (Wildman–Crippen MR) is 88.0 cm³/mol. The van der Waals surface area contributed by atoms with E-state index in [-0.39, 0.29) is 5.97 Å². The van der Waals surface area contributed by atoms with Crippen LogP contribution in [0.3, 0.4) is 0 Å². The third-order valence-corrected chi connectivity index (χ3v) is 4.36. The number of hydrogen-bond acceptors (Lipinski definition) is 7. The lowest BCUT2D eigenvalue weighted by Crippen LogP contribution is -2.37. The minimum atomic E-state index is -0.351. The van der Waals surface area contributed by atoms with Crippen LogP contribution in [0, 0.1) is 19.8 Å². The molecular formula is C17H22N4O3. The fourth-order valence-corrected chi connectivity index (χ4v) is 3.17. The number of aromatic nitrogens is 3. The third-order valence-electron chi connectivity index (χ3n) is 4.36. The van der Waals surface area contributed by atoms with Crippen molar-refractivity contribution in [3.05, 3.63) is 35.1 Å². The lowest BCUT2D eigenvalue weighted by molar-refractivity contribution is 0.0599. The fourth-order valence-electron chi connectivity index (χ4n) is 3.17. The van der Waals surface area contributed by atoms with Crippen molar-refractivity contribution in [2.45, 2.75) is 33.1 Å². The number of piperidine rings is 1. The summed E-state index contributed by atoms with van der Waals surface area (Å²) in [5.41, 5.74) is 1.20. The van der Waals surface area contributed by atoms with Crippen LogP contribution in [0.5, 0.6) is 0 Å². The molecule has 0 radical (unpaired) electrons. The van der Waals surface area contributed by atoms with E-state index in [0.717, 1.165) is 44.0 Å². The molecule has 1 atom stereocenters. The summed E-state index contributed by atoms with van der Waals surface area (Å²) in [6.07, 6.45) is 3.05. The normalized spacial score (nSPS) is 17.8. The summed E-state index contributed by atoms with van der Waals surface area (Å²) in [5, 5.41) is 3.99. The number of ether oxygens (including phenoxy) is 1. The lowest BCUT2D eigenvalue weighted by atomic mass is 9.94. The summed E-state index contributed by atoms with van der Waals surface area (Å²) in [4.78, 5) is 22.8. The van der Waals surface area contributed by atoms with Gasteiger partial charge in [-0.3, -0.25) is 0 Å². The van der Waals surface area contributed by atoms with Gasteiger partial charge in [0.25, 0.3) is 0 Å². The Kier molecular flexibility index (Phi) is 4.78. The van der Waals surface area contributed by atoms with E-state index in [0.29, 0.717) is 23.1 Å². The molecular weight excluding hydrogens is 308 g/mol. The number of carbonyl (C=O) groups excluding carboxylic acids is 1. The van der Waals surface area contributed by atoms with Gasteiger partial charge in [-0.25, -0.2) is 9.78 Å². The van der Waals surface area contributed by atoms with Crippen LogP contribution in [-0.2, 0) is 11.2 Å². The van der Waals surface area contributed by atoms with E-state index in [1.54, 1.807) is 13.0 Å². The summed E-state index contributed by atoms with van der Waals surface area (Å²) in [6.45, 7) is 5.50. The highest BCUT2D eigenvalue weighted by Crippen LogP contribution is 2.25. The van der Waals surface area contributed by atoms with Crippen molar-refractivity contribution < 1.29 is 14.1 Å². The average molecular weight is 330 g/mol. The maximum Gasteiger partial charge on any atom is 0.339 e. The van der Waals surface area contributed by atoms with E-state index in [9.17, 15) is 4.79 Å². The standard InChI is InChI=1S/C17H22N4O3/c1-11-14(17(22)23-3)6-7-16(18-11)21-8-4-5-13(10-21)9-15-19-12(2)24-20-15/h6-7,13H,4-5,8-10H2,1-3H3/t13-/m0/s1. The first-order chi connectivity index (χ1) is 11.6. The van der Waals surface area contributed by atoms with Crippen LogP contribution in [0.25, 0.3) is 0 Å². The molecule has 128 valence electrons. The second-order valence-electron chi connectivity index (χ2n) is 6.18. The number of nitrogens with zero attached hydrogens (tertiary/aromatic N) is 4. The zero-order valence-electron chi connectivity index (χ0n) is 14.3. The molecule has 0 amide bonds. The highest BCUT2D eigenvalue weighted by atomic mass is 16.5. The molecule has 0 saturated carbocycles. The summed E-state index contributed by atoms with van der Waals surface area (Å²) in [5.74, 6) is 2.39. The molecule has 0 bridgehead atoms. The number of methoxy groups -OCH3 is 1. The van der Waals surface area contributed by atoms with Gasteiger partial charge in [0.15, 0.2) is 5.82 Å². The Morgan fingerprint density at radius 3 is 2.88 bits per heavy atom. The molecule has 2 aromatic rings. The molecule has 1 aliphatic heterocycles. The second kappa shape index (κ2) is 6.98. The van der Waals surface area contributed by atoms with E-state index < -0.39 is 0 Å². The van der Waals surface area contributed by atoms with Crippen LogP contribution in [0.15, 0.2) is 16.7 Å². The molecule has 0 unspecified atom stereocenters. The SMILES string of the molecule is COC(=O)c1ccc(N2CCC[C@@H](Cc3noc(C)n3)C2)nc1C. The van der Waals surface area contributed by atoms with E-state index in [4.69, 9.17) is 9.26 Å². The van der Waals surface area contributed by atoms with Gasteiger partial charge in [-0.15, -0.1) is 0 Å². The van der Waals surface area contributed by atoms with Crippen molar-refractivity contribution in [1.29, 1.82) is 0 Å². The van der Waals surface area contributed by atoms with Crippen molar-refractivity contribution in [1.82, 2.24) is 15.1 Å². The molecule has 2 aromatic heterocycles. The number of carbonyl (C=O) groups is 1. The largest absolute Gasteiger partial charge is 0.465 e. The minimum Gasteiger partial charge on any atom is -0.465 e. The Bertz CT molecular complexity index is 728. The Hall–Kier alpha value is -2.44. The van der Waals surface area contributed by atoms with E-state index in [1.165, 1.54) is 7.11 Å². The van der Waals surface area contributed by atoms with Crippen molar-refractivity contribution in [3.8, 4) is 0 Å². The third kappa shape index (κ3) is 3.55. The second-order valence-corrected chi connectivity index (χ2v) is 6.18. The molecule has 1 aliphatic rings. The molecule has 0 N–H and O–H groups in total. The maximum absolute atomic E-state index is 11.7. The lowest BCUT2D eigenvalue weighted by Gasteiger charge is -2.33. The van der Waals surface area contributed by atoms with Crippen LogP contribution in [0.2, 0.25) is 0 Å². The monoisotopic (exact) mass is 330 g/mol. The number of anilines is 1. The first-order valence-corrected chi connectivity index (χ1v) is 8.17. The van der Waals surface area contributed by atoms with E-state index in [1.807, 2.05) is 13.0 Å². The van der Waals surface area contributed by atoms with Gasteiger partial charge in [0.2, 0.25) is 5.89 Å². The van der Waals surface area contributed by atoms with E-state index >= 15 is 0 Å². The van der Waals surface area contributed by atoms with Crippen molar-refractivity contribution in [2.75, 3.05) is 25.1 Å². The number of aryl methyl sites for hydroxylation is 2. The molecule has 1 saturated heterocycles. The van der Waals surface area contributed by atoms with Gasteiger partial charge in [-0.1, -0.05) is 5.16 Å². The molecule has 1 fully saturated rings. The first kappa shape index (κ1) is 16.4. The van der Waals surface area contributed by atoms with Crippen molar-refractivity contribution in [2.24, 2.45) is 5.92 Å².